The number of unbranched alkanes of at least 4 members (excludes halogenated alkanes) is 2. The molecule has 19 heavy (non-hydrogen) atoms. The Labute approximate surface area is 111 Å². The van der Waals surface area contributed by atoms with Gasteiger partial charge in [-0.05, 0) is 25.2 Å². The van der Waals surface area contributed by atoms with Gasteiger partial charge in [-0.25, -0.2) is 0 Å². The Morgan fingerprint density at radius 1 is 1.37 bits per heavy atom. The number of halogens is 3. The van der Waals surface area contributed by atoms with Gasteiger partial charge in [0.15, 0.2) is 0 Å². The Hall–Kier alpha value is -1.04. The van der Waals surface area contributed by atoms with Gasteiger partial charge in [-0.1, -0.05) is 26.3 Å². The normalized spacial score (nSPS) is 15.3. The van der Waals surface area contributed by atoms with Crippen molar-refractivity contribution in [1.29, 1.82) is 0 Å². The molecule has 0 aliphatic carbocycles. The molecule has 0 aromatic heterocycles. The molecule has 112 valence electrons. The minimum Gasteiger partial charge on any atom is -0.480 e. The Morgan fingerprint density at radius 2 is 1.95 bits per heavy atom. The summed E-state index contributed by atoms with van der Waals surface area (Å²) < 4.78 is 38.5. The first kappa shape index (κ1) is 18.0. The number of carboxylic acids is 1. The van der Waals surface area contributed by atoms with Crippen molar-refractivity contribution in [3.05, 3.63) is 12.7 Å². The van der Waals surface area contributed by atoms with Crippen LogP contribution in [-0.2, 0) is 4.79 Å². The van der Waals surface area contributed by atoms with Crippen LogP contribution in [0, 0.1) is 5.92 Å². The molecule has 2 N–H and O–H groups in total. The maximum absolute atomic E-state index is 12.8. The Kier molecular flexibility index (Phi) is 7.75. The lowest BCUT2D eigenvalue weighted by molar-refractivity contribution is -0.164. The highest BCUT2D eigenvalue weighted by molar-refractivity contribution is 5.73. The summed E-state index contributed by atoms with van der Waals surface area (Å²) in [6, 6.07) is -2.97. The van der Waals surface area contributed by atoms with Gasteiger partial charge in [0, 0.05) is 0 Å². The van der Waals surface area contributed by atoms with Crippen molar-refractivity contribution in [2.45, 2.75) is 57.8 Å². The first-order valence-electron chi connectivity index (χ1n) is 6.36. The summed E-state index contributed by atoms with van der Waals surface area (Å²) in [6.45, 7) is 6.67. The number of rotatable bonds is 9. The van der Waals surface area contributed by atoms with Crippen LogP contribution < -0.4 is 5.32 Å². The maximum atomic E-state index is 12.8. The second kappa shape index (κ2) is 8.19. The number of hydrogen-bond acceptors (Lipinski definition) is 2. The van der Waals surface area contributed by atoms with Gasteiger partial charge in [0.1, 0.15) is 12.1 Å². The van der Waals surface area contributed by atoms with E-state index in [0.29, 0.717) is 19.3 Å². The molecule has 0 rings (SSSR count). The highest BCUT2D eigenvalue weighted by atomic mass is 19.4. The third-order valence-electron chi connectivity index (χ3n) is 2.86. The van der Waals surface area contributed by atoms with Gasteiger partial charge < -0.3 is 5.11 Å². The van der Waals surface area contributed by atoms with E-state index < -0.39 is 30.1 Å². The molecule has 1 unspecified atom stereocenters. The van der Waals surface area contributed by atoms with Crippen LogP contribution in [0.2, 0.25) is 0 Å². The molecule has 0 saturated carbocycles. The number of carboxylic acid groups (broad SMARTS) is 1. The van der Waals surface area contributed by atoms with Crippen molar-refractivity contribution in [3.8, 4) is 0 Å². The first-order valence-corrected chi connectivity index (χ1v) is 6.36. The fraction of sp³-hybridized carbons (Fsp3) is 0.769. The maximum Gasteiger partial charge on any atom is 0.403 e. The summed E-state index contributed by atoms with van der Waals surface area (Å²) in [6.07, 6.45) is -1.23. The molecule has 3 nitrogen and oxygen atoms in total. The zero-order valence-corrected chi connectivity index (χ0v) is 11.3. The quantitative estimate of drug-likeness (QED) is 0.503. The molecule has 0 saturated heterocycles. The monoisotopic (exact) mass is 281 g/mol. The molecule has 0 heterocycles. The van der Waals surface area contributed by atoms with Crippen LogP contribution in [0.15, 0.2) is 12.7 Å². The van der Waals surface area contributed by atoms with Crippen LogP contribution in [0.25, 0.3) is 0 Å². The van der Waals surface area contributed by atoms with Crippen LogP contribution in [0.5, 0.6) is 0 Å². The average molecular weight is 281 g/mol. The van der Waals surface area contributed by atoms with Crippen molar-refractivity contribution in [3.63, 3.8) is 0 Å². The SMILES string of the molecule is C=CCCCCC(N[C@H](C(=O)O)C(C)C)C(F)(F)F. The molecule has 2 atom stereocenters. The van der Waals surface area contributed by atoms with E-state index in [-0.39, 0.29) is 6.42 Å². The standard InChI is InChI=1S/C13H22F3NO2/c1-4-5-6-7-8-10(13(14,15)16)17-11(9(2)3)12(18)19/h4,9-11,17H,1,5-8H2,2-3H3,(H,18,19)/t10?,11-/m0/s1. The van der Waals surface area contributed by atoms with Gasteiger partial charge in [0.05, 0.1) is 0 Å². The van der Waals surface area contributed by atoms with Crippen LogP contribution in [0.4, 0.5) is 13.2 Å². The van der Waals surface area contributed by atoms with Gasteiger partial charge in [0.25, 0.3) is 0 Å². The molecular formula is C13H22F3NO2. The Bertz CT molecular complexity index is 290. The predicted molar refractivity (Wildman–Crippen MR) is 67.9 cm³/mol. The Balaban J connectivity index is 4.58. The number of hydrogen-bond donors (Lipinski definition) is 2. The molecule has 0 spiro atoms. The molecule has 0 bridgehead atoms. The molecular weight excluding hydrogens is 259 g/mol. The van der Waals surface area contributed by atoms with E-state index in [4.69, 9.17) is 5.11 Å². The van der Waals surface area contributed by atoms with E-state index >= 15 is 0 Å². The van der Waals surface area contributed by atoms with Gasteiger partial charge in [-0.3, -0.25) is 10.1 Å². The van der Waals surface area contributed by atoms with Crippen molar-refractivity contribution < 1.29 is 23.1 Å². The summed E-state index contributed by atoms with van der Waals surface area (Å²) in [5.41, 5.74) is 0. The molecule has 0 aromatic rings. The lowest BCUT2D eigenvalue weighted by atomic mass is 10.0. The summed E-state index contributed by atoms with van der Waals surface area (Å²) in [7, 11) is 0. The average Bonchev–Trinajstić information content (AvgIpc) is 2.25. The zero-order chi connectivity index (χ0) is 15.1. The number of alkyl halides is 3. The first-order chi connectivity index (χ1) is 8.70. The molecule has 0 aromatic carbocycles. The number of aliphatic carboxylic acids is 1. The van der Waals surface area contributed by atoms with E-state index in [2.05, 4.69) is 11.9 Å². The lowest BCUT2D eigenvalue weighted by Crippen LogP contribution is -2.52. The fourth-order valence-electron chi connectivity index (χ4n) is 1.74. The van der Waals surface area contributed by atoms with Gasteiger partial charge in [-0.2, -0.15) is 13.2 Å². The van der Waals surface area contributed by atoms with E-state index in [0.717, 1.165) is 0 Å². The third-order valence-corrected chi connectivity index (χ3v) is 2.86. The Morgan fingerprint density at radius 3 is 2.32 bits per heavy atom. The highest BCUT2D eigenvalue weighted by Crippen LogP contribution is 2.25. The number of allylic oxidation sites excluding steroid dienone is 1. The largest absolute Gasteiger partial charge is 0.480 e. The number of carbonyl (C=O) groups is 1. The van der Waals surface area contributed by atoms with Gasteiger partial charge in [0.2, 0.25) is 0 Å². The van der Waals surface area contributed by atoms with E-state index in [1.807, 2.05) is 0 Å². The molecule has 0 aliphatic rings. The molecule has 6 heteroatoms. The molecule has 0 fully saturated rings. The smallest absolute Gasteiger partial charge is 0.403 e. The van der Waals surface area contributed by atoms with Crippen molar-refractivity contribution in [2.24, 2.45) is 5.92 Å². The minimum absolute atomic E-state index is 0.117. The summed E-state index contributed by atoms with van der Waals surface area (Å²) >= 11 is 0. The number of nitrogens with one attached hydrogen (secondary N) is 1. The van der Waals surface area contributed by atoms with Crippen LogP contribution in [-0.4, -0.2) is 29.3 Å². The van der Waals surface area contributed by atoms with Crippen molar-refractivity contribution in [1.82, 2.24) is 5.32 Å². The predicted octanol–water partition coefficient (Wildman–Crippen LogP) is 3.36. The summed E-state index contributed by atoms with van der Waals surface area (Å²) in [5, 5.41) is 11.1. The molecule has 0 radical (unpaired) electrons. The second-order valence-corrected chi connectivity index (χ2v) is 4.89. The second-order valence-electron chi connectivity index (χ2n) is 4.89. The van der Waals surface area contributed by atoms with Gasteiger partial charge >= 0.3 is 12.1 Å². The molecule has 0 aliphatic heterocycles. The summed E-state index contributed by atoms with van der Waals surface area (Å²) in [4.78, 5) is 10.9. The van der Waals surface area contributed by atoms with Crippen LogP contribution in [0.1, 0.15) is 39.5 Å². The lowest BCUT2D eigenvalue weighted by Gasteiger charge is -2.27. The minimum atomic E-state index is -4.43. The zero-order valence-electron chi connectivity index (χ0n) is 11.3. The summed E-state index contributed by atoms with van der Waals surface area (Å²) in [5.74, 6) is -1.66. The topological polar surface area (TPSA) is 49.3 Å². The van der Waals surface area contributed by atoms with Crippen LogP contribution in [0.3, 0.4) is 0 Å². The van der Waals surface area contributed by atoms with E-state index in [1.54, 1.807) is 19.9 Å². The fourth-order valence-corrected chi connectivity index (χ4v) is 1.74. The van der Waals surface area contributed by atoms with Crippen molar-refractivity contribution >= 4 is 5.97 Å². The van der Waals surface area contributed by atoms with Crippen molar-refractivity contribution in [2.75, 3.05) is 0 Å². The van der Waals surface area contributed by atoms with E-state index in [1.165, 1.54) is 0 Å². The van der Waals surface area contributed by atoms with Gasteiger partial charge in [-0.15, -0.1) is 6.58 Å². The highest BCUT2D eigenvalue weighted by Gasteiger charge is 2.41. The van der Waals surface area contributed by atoms with Crippen LogP contribution >= 0.6 is 0 Å². The molecule has 0 amide bonds. The van der Waals surface area contributed by atoms with E-state index in [9.17, 15) is 18.0 Å². The third kappa shape index (κ3) is 7.20.